The van der Waals surface area contributed by atoms with Crippen LogP contribution in [0, 0.1) is 0 Å². The van der Waals surface area contributed by atoms with Gasteiger partial charge in [-0.1, -0.05) is 18.5 Å². The number of carbonyl (C=O) groups excluding carboxylic acids is 2. The molecular formula is C23H19ClF3N5O4. The van der Waals surface area contributed by atoms with E-state index >= 15 is 0 Å². The topological polar surface area (TPSA) is 114 Å². The number of rotatable bonds is 6. The molecule has 2 heterocycles. The first-order valence-corrected chi connectivity index (χ1v) is 11.0. The van der Waals surface area contributed by atoms with Gasteiger partial charge in [0.15, 0.2) is 5.82 Å². The van der Waals surface area contributed by atoms with Crippen LogP contribution in [-0.2, 0) is 11.0 Å². The third kappa shape index (κ3) is 5.60. The molecule has 1 aliphatic heterocycles. The van der Waals surface area contributed by atoms with Crippen molar-refractivity contribution in [3.05, 3.63) is 58.9 Å². The van der Waals surface area contributed by atoms with Crippen LogP contribution in [0.5, 0.6) is 17.4 Å². The van der Waals surface area contributed by atoms with E-state index in [0.29, 0.717) is 19.0 Å². The zero-order chi connectivity index (χ0) is 25.9. The Morgan fingerprint density at radius 3 is 2.72 bits per heavy atom. The average Bonchev–Trinajstić information content (AvgIpc) is 2.85. The number of halogens is 4. The second-order valence-electron chi connectivity index (χ2n) is 7.49. The summed E-state index contributed by atoms with van der Waals surface area (Å²) in [5.74, 6) is -0.408. The maximum atomic E-state index is 13.5. The van der Waals surface area contributed by atoms with Crippen LogP contribution in [0.3, 0.4) is 0 Å². The molecule has 0 saturated carbocycles. The number of nitrogens with one attached hydrogen (secondary N) is 3. The Kier molecular flexibility index (Phi) is 7.15. The highest BCUT2D eigenvalue weighted by Gasteiger charge is 2.34. The second kappa shape index (κ2) is 10.3. The molecule has 0 spiro atoms. The molecule has 0 saturated heterocycles. The number of ether oxygens (including phenoxy) is 2. The van der Waals surface area contributed by atoms with E-state index in [4.69, 9.17) is 21.1 Å². The van der Waals surface area contributed by atoms with Gasteiger partial charge in [-0.05, 0) is 36.4 Å². The zero-order valence-electron chi connectivity index (χ0n) is 18.7. The molecule has 2 amide bonds. The van der Waals surface area contributed by atoms with Crippen molar-refractivity contribution < 1.29 is 32.2 Å². The fourth-order valence-electron chi connectivity index (χ4n) is 3.24. The molecule has 1 aliphatic rings. The van der Waals surface area contributed by atoms with Crippen molar-refractivity contribution in [2.24, 2.45) is 0 Å². The van der Waals surface area contributed by atoms with E-state index in [-0.39, 0.29) is 40.1 Å². The molecule has 4 rings (SSSR count). The molecule has 3 aromatic rings. The SMILES string of the molecule is CCC(=O)Nc1ccc(NC(=O)c2ccc(Cl)c(Oc3ncnc4c3OCCN4)c2)cc1C(F)(F)F. The van der Waals surface area contributed by atoms with Crippen LogP contribution in [-0.4, -0.2) is 34.9 Å². The first-order chi connectivity index (χ1) is 17.2. The predicted molar refractivity (Wildman–Crippen MR) is 126 cm³/mol. The number of carbonyl (C=O) groups is 2. The van der Waals surface area contributed by atoms with Gasteiger partial charge in [0.1, 0.15) is 18.7 Å². The first-order valence-electron chi connectivity index (χ1n) is 10.7. The minimum atomic E-state index is -4.76. The fourth-order valence-corrected chi connectivity index (χ4v) is 3.40. The van der Waals surface area contributed by atoms with Gasteiger partial charge in [-0.2, -0.15) is 18.2 Å². The van der Waals surface area contributed by atoms with Crippen molar-refractivity contribution in [3.63, 3.8) is 0 Å². The van der Waals surface area contributed by atoms with Gasteiger partial charge in [-0.25, -0.2) is 4.98 Å². The molecule has 0 fully saturated rings. The molecule has 36 heavy (non-hydrogen) atoms. The molecule has 0 radical (unpaired) electrons. The van der Waals surface area contributed by atoms with Crippen LogP contribution < -0.4 is 25.4 Å². The zero-order valence-corrected chi connectivity index (χ0v) is 19.5. The summed E-state index contributed by atoms with van der Waals surface area (Å²) in [6, 6.07) is 7.19. The Hall–Kier alpha value is -4.06. The summed E-state index contributed by atoms with van der Waals surface area (Å²) in [7, 11) is 0. The minimum Gasteiger partial charge on any atom is -0.483 e. The number of aromatic nitrogens is 2. The van der Waals surface area contributed by atoms with E-state index in [0.717, 1.165) is 12.1 Å². The molecule has 3 N–H and O–H groups in total. The number of amides is 2. The van der Waals surface area contributed by atoms with Crippen LogP contribution in [0.25, 0.3) is 0 Å². The Morgan fingerprint density at radius 1 is 1.17 bits per heavy atom. The van der Waals surface area contributed by atoms with Gasteiger partial charge < -0.3 is 25.4 Å². The highest BCUT2D eigenvalue weighted by molar-refractivity contribution is 6.32. The standard InChI is InChI=1S/C23H19ClF3N5O4/c1-2-18(33)32-16-6-4-13(10-14(16)23(25,26)27)31-21(34)12-3-5-15(24)17(9-12)36-22-19-20(29-11-30-22)28-7-8-35-19/h3-6,9-11H,2,7-8H2,1H3,(H,31,34)(H,32,33)(H,28,29,30). The van der Waals surface area contributed by atoms with Gasteiger partial charge in [-0.3, -0.25) is 9.59 Å². The molecule has 2 aromatic carbocycles. The van der Waals surface area contributed by atoms with Crippen molar-refractivity contribution in [1.82, 2.24) is 9.97 Å². The summed E-state index contributed by atoms with van der Waals surface area (Å²) >= 11 is 6.22. The molecule has 13 heteroatoms. The number of anilines is 3. The monoisotopic (exact) mass is 521 g/mol. The lowest BCUT2D eigenvalue weighted by atomic mass is 10.1. The van der Waals surface area contributed by atoms with Gasteiger partial charge in [-0.15, -0.1) is 0 Å². The quantitative estimate of drug-likeness (QED) is 0.401. The van der Waals surface area contributed by atoms with Crippen molar-refractivity contribution in [2.75, 3.05) is 29.1 Å². The summed E-state index contributed by atoms with van der Waals surface area (Å²) in [5, 5.41) is 7.83. The van der Waals surface area contributed by atoms with Crippen LogP contribution in [0.15, 0.2) is 42.7 Å². The Balaban J connectivity index is 1.57. The molecule has 0 bridgehead atoms. The third-order valence-electron chi connectivity index (χ3n) is 4.99. The lowest BCUT2D eigenvalue weighted by molar-refractivity contribution is -0.136. The number of hydrogen-bond donors (Lipinski definition) is 3. The summed E-state index contributed by atoms with van der Waals surface area (Å²) < 4.78 is 52.0. The predicted octanol–water partition coefficient (Wildman–Crippen LogP) is 5.35. The van der Waals surface area contributed by atoms with Crippen molar-refractivity contribution in [2.45, 2.75) is 19.5 Å². The van der Waals surface area contributed by atoms with E-state index in [1.807, 2.05) is 0 Å². The molecular weight excluding hydrogens is 503 g/mol. The summed E-state index contributed by atoms with van der Waals surface area (Å²) in [4.78, 5) is 32.5. The van der Waals surface area contributed by atoms with Gasteiger partial charge >= 0.3 is 6.18 Å². The van der Waals surface area contributed by atoms with Crippen LogP contribution in [0.1, 0.15) is 29.3 Å². The Bertz CT molecular complexity index is 1320. The van der Waals surface area contributed by atoms with Crippen LogP contribution in [0.2, 0.25) is 5.02 Å². The maximum absolute atomic E-state index is 13.5. The highest BCUT2D eigenvalue weighted by atomic mass is 35.5. The van der Waals surface area contributed by atoms with E-state index < -0.39 is 29.2 Å². The number of benzene rings is 2. The highest BCUT2D eigenvalue weighted by Crippen LogP contribution is 2.39. The molecule has 1 aromatic heterocycles. The molecule has 9 nitrogen and oxygen atoms in total. The summed E-state index contributed by atoms with van der Waals surface area (Å²) in [6.45, 7) is 2.44. The van der Waals surface area contributed by atoms with Crippen molar-refractivity contribution in [3.8, 4) is 17.4 Å². The molecule has 0 aliphatic carbocycles. The smallest absolute Gasteiger partial charge is 0.418 e. The Labute approximate surface area is 208 Å². The second-order valence-corrected chi connectivity index (χ2v) is 7.90. The van der Waals surface area contributed by atoms with Gasteiger partial charge in [0.2, 0.25) is 11.7 Å². The number of fused-ring (bicyclic) bond motifs is 1. The normalized spacial score (nSPS) is 12.6. The molecule has 0 atom stereocenters. The van der Waals surface area contributed by atoms with E-state index in [1.54, 1.807) is 0 Å². The van der Waals surface area contributed by atoms with E-state index in [2.05, 4.69) is 25.9 Å². The minimum absolute atomic E-state index is 0.0111. The largest absolute Gasteiger partial charge is 0.483 e. The molecule has 188 valence electrons. The third-order valence-corrected chi connectivity index (χ3v) is 5.30. The summed E-state index contributed by atoms with van der Waals surface area (Å²) in [6.07, 6.45) is -3.48. The average molecular weight is 522 g/mol. The van der Waals surface area contributed by atoms with Crippen LogP contribution >= 0.6 is 11.6 Å². The number of alkyl halides is 3. The fraction of sp³-hybridized carbons (Fsp3) is 0.217. The van der Waals surface area contributed by atoms with Gasteiger partial charge in [0, 0.05) is 17.7 Å². The van der Waals surface area contributed by atoms with Crippen LogP contribution in [0.4, 0.5) is 30.4 Å². The number of nitrogens with zero attached hydrogens (tertiary/aromatic N) is 2. The maximum Gasteiger partial charge on any atom is 0.418 e. The Morgan fingerprint density at radius 2 is 1.97 bits per heavy atom. The first kappa shape index (κ1) is 25.0. The van der Waals surface area contributed by atoms with Gasteiger partial charge in [0.05, 0.1) is 22.8 Å². The lowest BCUT2D eigenvalue weighted by Crippen LogP contribution is -2.19. The van der Waals surface area contributed by atoms with E-state index in [1.165, 1.54) is 37.5 Å². The van der Waals surface area contributed by atoms with Crippen molar-refractivity contribution in [1.29, 1.82) is 0 Å². The van der Waals surface area contributed by atoms with E-state index in [9.17, 15) is 22.8 Å². The number of hydrogen-bond acceptors (Lipinski definition) is 7. The molecule has 0 unspecified atom stereocenters. The van der Waals surface area contributed by atoms with Crippen molar-refractivity contribution >= 4 is 40.6 Å². The lowest BCUT2D eigenvalue weighted by Gasteiger charge is -2.19. The van der Waals surface area contributed by atoms with Gasteiger partial charge in [0.25, 0.3) is 11.8 Å². The summed E-state index contributed by atoms with van der Waals surface area (Å²) in [5.41, 5.74) is -1.55.